The van der Waals surface area contributed by atoms with Crippen LogP contribution in [0.1, 0.15) is 24.0 Å². The molecule has 0 bridgehead atoms. The first kappa shape index (κ1) is 29.2. The van der Waals surface area contributed by atoms with E-state index in [9.17, 15) is 26.0 Å². The van der Waals surface area contributed by atoms with E-state index in [1.54, 1.807) is 24.3 Å². The fourth-order valence-electron chi connectivity index (χ4n) is 4.24. The van der Waals surface area contributed by atoms with Crippen LogP contribution in [-0.4, -0.2) is 57.5 Å². The zero-order valence-corrected chi connectivity index (χ0v) is 23.5. The smallest absolute Gasteiger partial charge is 0.243 e. The summed E-state index contributed by atoms with van der Waals surface area (Å²) in [5.41, 5.74) is 1.35. The van der Waals surface area contributed by atoms with Crippen molar-refractivity contribution in [1.82, 2.24) is 13.9 Å². The van der Waals surface area contributed by atoms with Crippen LogP contribution in [0.3, 0.4) is 0 Å². The summed E-state index contributed by atoms with van der Waals surface area (Å²) in [4.78, 5) is 13.0. The van der Waals surface area contributed by atoms with Gasteiger partial charge in [0.15, 0.2) is 0 Å². The van der Waals surface area contributed by atoms with Crippen LogP contribution in [0.25, 0.3) is 0 Å². The molecule has 0 aromatic heterocycles. The van der Waals surface area contributed by atoms with Gasteiger partial charge in [-0.3, -0.25) is 4.79 Å². The lowest BCUT2D eigenvalue weighted by Crippen LogP contribution is -2.40. The highest BCUT2D eigenvalue weighted by atomic mass is 35.5. The number of carbonyl (C=O) groups excluding carboxylic acids is 1. The first-order valence-electron chi connectivity index (χ1n) is 12.4. The molecule has 12 heteroatoms. The number of sulfonamides is 2. The lowest BCUT2D eigenvalue weighted by atomic mass is 10.1. The summed E-state index contributed by atoms with van der Waals surface area (Å²) in [7, 11) is -7.56. The minimum Gasteiger partial charge on any atom is -0.355 e. The Morgan fingerprint density at radius 2 is 1.41 bits per heavy atom. The van der Waals surface area contributed by atoms with Crippen LogP contribution < -0.4 is 5.32 Å². The lowest BCUT2D eigenvalue weighted by Gasteiger charge is -2.22. The van der Waals surface area contributed by atoms with Crippen molar-refractivity contribution >= 4 is 37.6 Å². The molecule has 0 radical (unpaired) electrons. The van der Waals surface area contributed by atoms with Gasteiger partial charge in [0.2, 0.25) is 26.0 Å². The molecule has 0 spiro atoms. The van der Waals surface area contributed by atoms with Gasteiger partial charge < -0.3 is 5.32 Å². The van der Waals surface area contributed by atoms with Gasteiger partial charge in [0.25, 0.3) is 0 Å². The molecule has 3 aromatic carbocycles. The number of rotatable bonds is 11. The maximum absolute atomic E-state index is 13.4. The van der Waals surface area contributed by atoms with Crippen molar-refractivity contribution in [2.24, 2.45) is 0 Å². The first-order valence-corrected chi connectivity index (χ1v) is 15.7. The van der Waals surface area contributed by atoms with Crippen molar-refractivity contribution < 1.29 is 26.0 Å². The summed E-state index contributed by atoms with van der Waals surface area (Å²) in [5, 5.41) is 3.10. The van der Waals surface area contributed by atoms with E-state index >= 15 is 0 Å². The van der Waals surface area contributed by atoms with E-state index in [2.05, 4.69) is 5.32 Å². The molecular weight excluding hydrogens is 565 g/mol. The third-order valence-corrected chi connectivity index (χ3v) is 10.4. The van der Waals surface area contributed by atoms with E-state index in [0.29, 0.717) is 30.1 Å². The second-order valence-corrected chi connectivity index (χ2v) is 13.5. The maximum Gasteiger partial charge on any atom is 0.243 e. The van der Waals surface area contributed by atoms with Crippen LogP contribution in [0.15, 0.2) is 82.6 Å². The highest BCUT2D eigenvalue weighted by Gasteiger charge is 2.28. The number of halogens is 2. The SMILES string of the molecule is O=C(CN(Cc1ccc(F)cc1)S(=O)(=O)c1ccc(Cl)cc1)NCCc1ccc(S(=O)(=O)N2CCCC2)cc1. The van der Waals surface area contributed by atoms with E-state index in [4.69, 9.17) is 11.6 Å². The molecule has 39 heavy (non-hydrogen) atoms. The normalized spacial score (nSPS) is 14.5. The Hall–Kier alpha value is -2.83. The Kier molecular flexibility index (Phi) is 9.39. The average molecular weight is 594 g/mol. The van der Waals surface area contributed by atoms with Crippen molar-refractivity contribution in [3.05, 3.63) is 94.8 Å². The van der Waals surface area contributed by atoms with Gasteiger partial charge in [-0.05, 0) is 78.9 Å². The predicted octanol–water partition coefficient (Wildman–Crippen LogP) is 3.81. The highest BCUT2D eigenvalue weighted by Crippen LogP contribution is 2.22. The van der Waals surface area contributed by atoms with Gasteiger partial charge in [0, 0.05) is 31.2 Å². The number of carbonyl (C=O) groups is 1. The molecule has 1 N–H and O–H groups in total. The Bertz CT molecular complexity index is 1490. The Morgan fingerprint density at radius 1 is 0.846 bits per heavy atom. The minimum atomic E-state index is -4.07. The molecule has 208 valence electrons. The number of amides is 1. The number of nitrogens with zero attached hydrogens (tertiary/aromatic N) is 2. The van der Waals surface area contributed by atoms with Gasteiger partial charge in [0.1, 0.15) is 5.82 Å². The molecule has 1 aliphatic rings. The molecular formula is C27H29ClFN3O5S2. The van der Waals surface area contributed by atoms with E-state index in [1.165, 1.54) is 52.8 Å². The standard InChI is InChI=1S/C27H29ClFN3O5S2/c28-23-7-13-26(14-8-23)39(36,37)32(19-22-3-9-24(29)10-4-22)20-27(33)30-16-15-21-5-11-25(12-6-21)38(34,35)31-17-1-2-18-31/h3-14H,1-2,15-20H2,(H,30,33). The summed E-state index contributed by atoms with van der Waals surface area (Å²) < 4.78 is 67.9. The molecule has 3 aromatic rings. The van der Waals surface area contributed by atoms with E-state index in [0.717, 1.165) is 22.7 Å². The second kappa shape index (κ2) is 12.6. The van der Waals surface area contributed by atoms with Crippen molar-refractivity contribution in [1.29, 1.82) is 0 Å². The average Bonchev–Trinajstić information content (AvgIpc) is 3.46. The highest BCUT2D eigenvalue weighted by molar-refractivity contribution is 7.89. The van der Waals surface area contributed by atoms with Crippen LogP contribution in [0.2, 0.25) is 5.02 Å². The topological polar surface area (TPSA) is 104 Å². The molecule has 4 rings (SSSR count). The van der Waals surface area contributed by atoms with Crippen molar-refractivity contribution in [2.75, 3.05) is 26.2 Å². The molecule has 1 saturated heterocycles. The van der Waals surface area contributed by atoms with Crippen LogP contribution in [0.5, 0.6) is 0 Å². The Balaban J connectivity index is 1.39. The first-order chi connectivity index (χ1) is 18.6. The Labute approximate surface area is 233 Å². The molecule has 0 unspecified atom stereocenters. The van der Waals surface area contributed by atoms with Gasteiger partial charge in [-0.25, -0.2) is 21.2 Å². The molecule has 1 amide bonds. The maximum atomic E-state index is 13.4. The van der Waals surface area contributed by atoms with Gasteiger partial charge in [-0.2, -0.15) is 8.61 Å². The summed E-state index contributed by atoms with van der Waals surface area (Å²) >= 11 is 5.90. The zero-order valence-electron chi connectivity index (χ0n) is 21.1. The van der Waals surface area contributed by atoms with Crippen molar-refractivity contribution in [3.8, 4) is 0 Å². The summed E-state index contributed by atoms with van der Waals surface area (Å²) in [5.74, 6) is -0.965. The summed E-state index contributed by atoms with van der Waals surface area (Å²) in [6.45, 7) is 0.702. The Morgan fingerprint density at radius 3 is 2.03 bits per heavy atom. The summed E-state index contributed by atoms with van der Waals surface area (Å²) in [6.07, 6.45) is 2.15. The molecule has 1 aliphatic heterocycles. The number of benzene rings is 3. The van der Waals surface area contributed by atoms with Gasteiger partial charge >= 0.3 is 0 Å². The fraction of sp³-hybridized carbons (Fsp3) is 0.296. The largest absolute Gasteiger partial charge is 0.355 e. The van der Waals surface area contributed by atoms with Crippen LogP contribution in [0.4, 0.5) is 4.39 Å². The van der Waals surface area contributed by atoms with Crippen molar-refractivity contribution in [2.45, 2.75) is 35.6 Å². The number of nitrogens with one attached hydrogen (secondary N) is 1. The molecule has 0 saturated carbocycles. The minimum absolute atomic E-state index is 0.0224. The lowest BCUT2D eigenvalue weighted by molar-refractivity contribution is -0.121. The van der Waals surface area contributed by atoms with Crippen LogP contribution >= 0.6 is 11.6 Å². The third kappa shape index (κ3) is 7.43. The third-order valence-electron chi connectivity index (χ3n) is 6.41. The fourth-order valence-corrected chi connectivity index (χ4v) is 7.27. The number of hydrogen-bond donors (Lipinski definition) is 1. The molecule has 1 fully saturated rings. The van der Waals surface area contributed by atoms with E-state index in [1.807, 2.05) is 0 Å². The monoisotopic (exact) mass is 593 g/mol. The van der Waals surface area contributed by atoms with E-state index < -0.39 is 38.3 Å². The second-order valence-electron chi connectivity index (χ2n) is 9.21. The van der Waals surface area contributed by atoms with Crippen LogP contribution in [-0.2, 0) is 37.8 Å². The zero-order chi connectivity index (χ0) is 28.0. The predicted molar refractivity (Wildman–Crippen MR) is 147 cm³/mol. The van der Waals surface area contributed by atoms with Gasteiger partial charge in [-0.15, -0.1) is 0 Å². The van der Waals surface area contributed by atoms with Crippen molar-refractivity contribution in [3.63, 3.8) is 0 Å². The molecule has 1 heterocycles. The quantitative estimate of drug-likeness (QED) is 0.364. The molecule has 0 atom stereocenters. The summed E-state index contributed by atoms with van der Waals surface area (Å²) in [6, 6.07) is 17.6. The van der Waals surface area contributed by atoms with E-state index in [-0.39, 0.29) is 22.9 Å². The number of hydrogen-bond acceptors (Lipinski definition) is 5. The van der Waals surface area contributed by atoms with Gasteiger partial charge in [0.05, 0.1) is 16.3 Å². The van der Waals surface area contributed by atoms with Gasteiger partial charge in [-0.1, -0.05) is 35.9 Å². The molecule has 8 nitrogen and oxygen atoms in total. The molecule has 0 aliphatic carbocycles. The van der Waals surface area contributed by atoms with Crippen LogP contribution in [0, 0.1) is 5.82 Å².